The topological polar surface area (TPSA) is 76.1 Å². The second-order valence-electron chi connectivity index (χ2n) is 6.10. The Morgan fingerprint density at radius 1 is 1.33 bits per heavy atom. The minimum Gasteiger partial charge on any atom is -0.482 e. The van der Waals surface area contributed by atoms with Crippen molar-refractivity contribution >= 4 is 11.9 Å². The van der Waals surface area contributed by atoms with Gasteiger partial charge in [-0.15, -0.1) is 0 Å². The molecule has 1 saturated heterocycles. The monoisotopic (exact) mass is 335 g/mol. The van der Waals surface area contributed by atoms with E-state index in [1.165, 1.54) is 0 Å². The van der Waals surface area contributed by atoms with E-state index in [0.717, 1.165) is 38.8 Å². The highest BCUT2D eigenvalue weighted by atomic mass is 16.5. The van der Waals surface area contributed by atoms with Crippen LogP contribution in [0.15, 0.2) is 24.3 Å². The number of benzene rings is 1. The second kappa shape index (κ2) is 9.27. The number of carboxylic acid groups (broad SMARTS) is 1. The fourth-order valence-electron chi connectivity index (χ4n) is 2.98. The predicted octanol–water partition coefficient (Wildman–Crippen LogP) is 2.43. The Hall–Kier alpha value is -2.08. The summed E-state index contributed by atoms with van der Waals surface area (Å²) in [4.78, 5) is 25.3. The van der Waals surface area contributed by atoms with Gasteiger partial charge in [0.05, 0.1) is 0 Å². The maximum Gasteiger partial charge on any atom is 0.341 e. The van der Waals surface area contributed by atoms with Crippen LogP contribution in [0.5, 0.6) is 5.75 Å². The number of rotatable bonds is 7. The van der Waals surface area contributed by atoms with Gasteiger partial charge in [0.2, 0.25) is 0 Å². The van der Waals surface area contributed by atoms with E-state index in [1.807, 2.05) is 4.90 Å². The molecule has 1 unspecified atom stereocenters. The number of methoxy groups -OCH3 is 1. The second-order valence-corrected chi connectivity index (χ2v) is 6.10. The number of hydrogen-bond donors (Lipinski definition) is 1. The van der Waals surface area contributed by atoms with E-state index in [0.29, 0.717) is 23.8 Å². The molecule has 132 valence electrons. The lowest BCUT2D eigenvalue weighted by Gasteiger charge is -2.24. The van der Waals surface area contributed by atoms with Gasteiger partial charge >= 0.3 is 5.97 Å². The van der Waals surface area contributed by atoms with Gasteiger partial charge in [0.25, 0.3) is 5.91 Å². The molecule has 6 heteroatoms. The fraction of sp³-hybridized carbons (Fsp3) is 0.556. The van der Waals surface area contributed by atoms with E-state index >= 15 is 0 Å². The van der Waals surface area contributed by atoms with Crippen LogP contribution >= 0.6 is 0 Å². The van der Waals surface area contributed by atoms with Crippen LogP contribution in [0.4, 0.5) is 0 Å². The molecule has 1 atom stereocenters. The van der Waals surface area contributed by atoms with E-state index in [9.17, 15) is 9.59 Å². The molecule has 1 aliphatic heterocycles. The van der Waals surface area contributed by atoms with Gasteiger partial charge in [-0.2, -0.15) is 0 Å². The first-order chi connectivity index (χ1) is 11.6. The van der Waals surface area contributed by atoms with Crippen molar-refractivity contribution in [2.45, 2.75) is 25.7 Å². The molecule has 2 rings (SSSR count). The van der Waals surface area contributed by atoms with Gasteiger partial charge in [0.15, 0.2) is 6.61 Å². The molecule has 1 aliphatic rings. The number of hydrogen-bond acceptors (Lipinski definition) is 4. The smallest absolute Gasteiger partial charge is 0.341 e. The number of amides is 1. The molecule has 0 bridgehead atoms. The summed E-state index contributed by atoms with van der Waals surface area (Å²) in [5.41, 5.74) is 0.533. The first-order valence-electron chi connectivity index (χ1n) is 8.33. The first-order valence-corrected chi connectivity index (χ1v) is 8.33. The van der Waals surface area contributed by atoms with E-state index in [1.54, 1.807) is 31.4 Å². The molecule has 1 aromatic carbocycles. The highest BCUT2D eigenvalue weighted by molar-refractivity contribution is 5.94. The van der Waals surface area contributed by atoms with Crippen molar-refractivity contribution in [2.75, 3.05) is 33.4 Å². The Labute approximate surface area is 142 Å². The molecular weight excluding hydrogens is 310 g/mol. The lowest BCUT2D eigenvalue weighted by molar-refractivity contribution is -0.139. The molecule has 6 nitrogen and oxygen atoms in total. The number of nitrogens with zero attached hydrogens (tertiary/aromatic N) is 1. The zero-order valence-corrected chi connectivity index (χ0v) is 14.1. The van der Waals surface area contributed by atoms with E-state index in [-0.39, 0.29) is 5.91 Å². The number of likely N-dealkylation sites (tertiary alicyclic amines) is 1. The molecule has 1 fully saturated rings. The number of aliphatic carboxylic acids is 1. The van der Waals surface area contributed by atoms with E-state index in [2.05, 4.69) is 0 Å². The Morgan fingerprint density at radius 3 is 2.92 bits per heavy atom. The summed E-state index contributed by atoms with van der Waals surface area (Å²) in [5, 5.41) is 8.68. The Balaban J connectivity index is 2.03. The molecule has 0 spiro atoms. The first kappa shape index (κ1) is 18.3. The molecule has 0 saturated carbocycles. The van der Waals surface area contributed by atoms with Gasteiger partial charge in [0, 0.05) is 32.4 Å². The van der Waals surface area contributed by atoms with Crippen molar-refractivity contribution < 1.29 is 24.2 Å². The Kier molecular flexibility index (Phi) is 7.06. The molecule has 0 aliphatic carbocycles. The molecule has 1 amide bonds. The minimum absolute atomic E-state index is 0.0277. The van der Waals surface area contributed by atoms with Gasteiger partial charge in [-0.1, -0.05) is 12.5 Å². The van der Waals surface area contributed by atoms with Crippen LogP contribution in [0.3, 0.4) is 0 Å². The van der Waals surface area contributed by atoms with E-state index < -0.39 is 12.6 Å². The third-order valence-electron chi connectivity index (χ3n) is 4.23. The summed E-state index contributed by atoms with van der Waals surface area (Å²) >= 11 is 0. The molecule has 1 aromatic rings. The number of ether oxygens (including phenoxy) is 2. The summed E-state index contributed by atoms with van der Waals surface area (Å²) in [6, 6.07) is 6.72. The quantitative estimate of drug-likeness (QED) is 0.828. The van der Waals surface area contributed by atoms with Gasteiger partial charge in [-0.05, 0) is 43.4 Å². The van der Waals surface area contributed by atoms with Crippen LogP contribution in [0.1, 0.15) is 36.0 Å². The predicted molar refractivity (Wildman–Crippen MR) is 89.3 cm³/mol. The Morgan fingerprint density at radius 2 is 2.17 bits per heavy atom. The fourth-order valence-corrected chi connectivity index (χ4v) is 2.98. The minimum atomic E-state index is -1.04. The highest BCUT2D eigenvalue weighted by Gasteiger charge is 2.23. The summed E-state index contributed by atoms with van der Waals surface area (Å²) < 4.78 is 10.3. The SMILES string of the molecule is COCCC1CCCCN(C(=O)c2cccc(OCC(=O)O)c2)C1. The standard InChI is InChI=1S/C18H25NO5/c1-23-10-8-14-5-2-3-9-19(12-14)18(22)15-6-4-7-16(11-15)24-13-17(20)21/h4,6-7,11,14H,2-3,5,8-10,12-13H2,1H3,(H,20,21). The zero-order chi connectivity index (χ0) is 17.4. The summed E-state index contributed by atoms with van der Waals surface area (Å²) in [6.45, 7) is 1.79. The van der Waals surface area contributed by atoms with Crippen LogP contribution < -0.4 is 4.74 Å². The summed E-state index contributed by atoms with van der Waals surface area (Å²) in [6.07, 6.45) is 4.21. The van der Waals surface area contributed by atoms with Crippen LogP contribution in [0.2, 0.25) is 0 Å². The van der Waals surface area contributed by atoms with Crippen LogP contribution in [0, 0.1) is 5.92 Å². The van der Waals surface area contributed by atoms with Gasteiger partial charge in [0.1, 0.15) is 5.75 Å². The lowest BCUT2D eigenvalue weighted by Crippen LogP contribution is -2.35. The summed E-state index contributed by atoms with van der Waals surface area (Å²) in [7, 11) is 1.70. The number of carboxylic acids is 1. The third kappa shape index (κ3) is 5.53. The van der Waals surface area contributed by atoms with Crippen molar-refractivity contribution in [3.8, 4) is 5.75 Å². The van der Waals surface area contributed by atoms with Crippen molar-refractivity contribution in [2.24, 2.45) is 5.92 Å². The average Bonchev–Trinajstić information content (AvgIpc) is 2.83. The molecular formula is C18H25NO5. The highest BCUT2D eigenvalue weighted by Crippen LogP contribution is 2.22. The van der Waals surface area contributed by atoms with Crippen molar-refractivity contribution in [1.82, 2.24) is 4.90 Å². The van der Waals surface area contributed by atoms with Crippen LogP contribution in [-0.4, -0.2) is 55.3 Å². The largest absolute Gasteiger partial charge is 0.482 e. The van der Waals surface area contributed by atoms with Crippen molar-refractivity contribution in [1.29, 1.82) is 0 Å². The van der Waals surface area contributed by atoms with Crippen molar-refractivity contribution in [3.63, 3.8) is 0 Å². The number of carbonyl (C=O) groups is 2. The Bertz CT molecular complexity index is 560. The zero-order valence-electron chi connectivity index (χ0n) is 14.1. The van der Waals surface area contributed by atoms with E-state index in [4.69, 9.17) is 14.6 Å². The lowest BCUT2D eigenvalue weighted by atomic mass is 10.00. The van der Waals surface area contributed by atoms with Crippen LogP contribution in [-0.2, 0) is 9.53 Å². The molecule has 0 aromatic heterocycles. The maximum absolute atomic E-state index is 12.8. The number of carbonyl (C=O) groups excluding carboxylic acids is 1. The normalized spacial score (nSPS) is 18.0. The van der Waals surface area contributed by atoms with Gasteiger partial charge in [-0.3, -0.25) is 4.79 Å². The molecule has 1 N–H and O–H groups in total. The van der Waals surface area contributed by atoms with Gasteiger partial charge < -0.3 is 19.5 Å². The molecule has 1 heterocycles. The maximum atomic E-state index is 12.8. The average molecular weight is 335 g/mol. The van der Waals surface area contributed by atoms with Crippen molar-refractivity contribution in [3.05, 3.63) is 29.8 Å². The van der Waals surface area contributed by atoms with Gasteiger partial charge in [-0.25, -0.2) is 4.79 Å². The molecule has 24 heavy (non-hydrogen) atoms. The molecule has 0 radical (unpaired) electrons. The van der Waals surface area contributed by atoms with Crippen LogP contribution in [0.25, 0.3) is 0 Å². The third-order valence-corrected chi connectivity index (χ3v) is 4.23. The summed E-state index contributed by atoms with van der Waals surface area (Å²) in [5.74, 6) is -0.211.